The van der Waals surface area contributed by atoms with Crippen LogP contribution in [0.2, 0.25) is 0 Å². The summed E-state index contributed by atoms with van der Waals surface area (Å²) in [5.41, 5.74) is 2.33. The van der Waals surface area contributed by atoms with Crippen LogP contribution in [0.4, 0.5) is 0 Å². The monoisotopic (exact) mass is 440 g/mol. The summed E-state index contributed by atoms with van der Waals surface area (Å²) in [6.07, 6.45) is -0.595. The maximum absolute atomic E-state index is 10.4. The maximum atomic E-state index is 10.4. The summed E-state index contributed by atoms with van der Waals surface area (Å²) in [5, 5.41) is 13.9. The van der Waals surface area contributed by atoms with E-state index in [2.05, 4.69) is 41.4 Å². The van der Waals surface area contributed by atoms with Crippen LogP contribution in [0.25, 0.3) is 0 Å². The molecule has 5 nitrogen and oxygen atoms in total. The third-order valence-corrected chi connectivity index (χ3v) is 5.90. The summed E-state index contributed by atoms with van der Waals surface area (Å²) in [6, 6.07) is 20.5. The zero-order chi connectivity index (χ0) is 22.1. The first-order chi connectivity index (χ1) is 15.0. The number of hydrogen-bond acceptors (Lipinski definition) is 6. The van der Waals surface area contributed by atoms with Crippen LogP contribution < -0.4 is 14.8 Å². The van der Waals surface area contributed by atoms with Crippen LogP contribution in [-0.2, 0) is 19.6 Å². The number of likely N-dealkylation sites (N-methyl/N-ethyl adjacent to an activating group) is 1. The zero-order valence-electron chi connectivity index (χ0n) is 18.5. The highest BCUT2D eigenvalue weighted by molar-refractivity contribution is 7.11. The van der Waals surface area contributed by atoms with Crippen molar-refractivity contribution >= 4 is 11.3 Å². The Bertz CT molecular complexity index is 930. The van der Waals surface area contributed by atoms with Crippen LogP contribution in [0.15, 0.2) is 60.7 Å². The molecule has 166 valence electrons. The second-order valence-corrected chi connectivity index (χ2v) is 9.12. The highest BCUT2D eigenvalue weighted by atomic mass is 32.1. The van der Waals surface area contributed by atoms with E-state index in [1.165, 1.54) is 15.3 Å². The van der Waals surface area contributed by atoms with Gasteiger partial charge in [-0.15, -0.1) is 11.3 Å². The second kappa shape index (κ2) is 11.9. The Kier molecular flexibility index (Phi) is 8.91. The number of thiophene rings is 1. The molecule has 0 spiro atoms. The first-order valence-electron chi connectivity index (χ1n) is 10.5. The van der Waals surface area contributed by atoms with Gasteiger partial charge in [0.15, 0.2) is 11.5 Å². The Morgan fingerprint density at radius 3 is 2.52 bits per heavy atom. The topological polar surface area (TPSA) is 54.0 Å². The minimum absolute atomic E-state index is 0.209. The van der Waals surface area contributed by atoms with Gasteiger partial charge in [-0.2, -0.15) is 0 Å². The van der Waals surface area contributed by atoms with E-state index < -0.39 is 6.10 Å². The van der Waals surface area contributed by atoms with E-state index in [0.29, 0.717) is 18.0 Å². The summed E-state index contributed by atoms with van der Waals surface area (Å²) in [7, 11) is 3.63. The van der Waals surface area contributed by atoms with Crippen molar-refractivity contribution in [1.29, 1.82) is 0 Å². The number of nitrogens with zero attached hydrogens (tertiary/aromatic N) is 1. The van der Waals surface area contributed by atoms with Crippen molar-refractivity contribution in [3.8, 4) is 11.5 Å². The molecule has 3 aromatic rings. The standard InChI is InChI=1S/C25H32N2O3S/c1-19-9-11-23(31-19)15-26-14-21-10-12-24(29-3)25(13-21)30-18-22(28)17-27(2)16-20-7-5-4-6-8-20/h4-13,22,26,28H,14-18H2,1-3H3/t22-/m1/s1. The lowest BCUT2D eigenvalue weighted by atomic mass is 10.2. The number of benzene rings is 2. The first kappa shape index (κ1) is 23.3. The highest BCUT2D eigenvalue weighted by Gasteiger charge is 2.12. The molecule has 2 aromatic carbocycles. The van der Waals surface area contributed by atoms with Crippen molar-refractivity contribution in [2.24, 2.45) is 0 Å². The van der Waals surface area contributed by atoms with Crippen LogP contribution in [-0.4, -0.2) is 43.4 Å². The number of nitrogens with one attached hydrogen (secondary N) is 1. The van der Waals surface area contributed by atoms with E-state index in [0.717, 1.165) is 25.2 Å². The number of hydrogen-bond donors (Lipinski definition) is 2. The number of aliphatic hydroxyl groups is 1. The fourth-order valence-electron chi connectivity index (χ4n) is 3.41. The maximum Gasteiger partial charge on any atom is 0.161 e. The number of aliphatic hydroxyl groups excluding tert-OH is 1. The molecule has 1 atom stereocenters. The molecule has 0 unspecified atom stereocenters. The van der Waals surface area contributed by atoms with E-state index >= 15 is 0 Å². The fraction of sp³-hybridized carbons (Fsp3) is 0.360. The molecule has 2 N–H and O–H groups in total. The molecule has 31 heavy (non-hydrogen) atoms. The Labute approximate surface area is 189 Å². The van der Waals surface area contributed by atoms with Gasteiger partial charge < -0.3 is 19.9 Å². The van der Waals surface area contributed by atoms with Crippen molar-refractivity contribution < 1.29 is 14.6 Å². The van der Waals surface area contributed by atoms with Gasteiger partial charge in [-0.1, -0.05) is 36.4 Å². The van der Waals surface area contributed by atoms with E-state index in [1.807, 2.05) is 54.8 Å². The minimum Gasteiger partial charge on any atom is -0.493 e. The molecule has 0 radical (unpaired) electrons. The summed E-state index contributed by atoms with van der Waals surface area (Å²) in [4.78, 5) is 4.74. The van der Waals surface area contributed by atoms with Gasteiger partial charge in [0.1, 0.15) is 12.7 Å². The summed E-state index contributed by atoms with van der Waals surface area (Å²) >= 11 is 1.81. The van der Waals surface area contributed by atoms with Crippen molar-refractivity contribution in [2.45, 2.75) is 32.7 Å². The number of methoxy groups -OCH3 is 1. The predicted octanol–water partition coefficient (Wildman–Crippen LogP) is 4.23. The Balaban J connectivity index is 1.49. The quantitative estimate of drug-likeness (QED) is 0.442. The molecule has 3 rings (SSSR count). The average Bonchev–Trinajstić information content (AvgIpc) is 3.18. The van der Waals surface area contributed by atoms with E-state index in [9.17, 15) is 5.11 Å². The van der Waals surface area contributed by atoms with E-state index in [-0.39, 0.29) is 6.61 Å². The molecule has 0 aliphatic heterocycles. The van der Waals surface area contributed by atoms with E-state index in [1.54, 1.807) is 7.11 Å². The van der Waals surface area contributed by atoms with Gasteiger partial charge in [-0.25, -0.2) is 0 Å². The van der Waals surface area contributed by atoms with Crippen LogP contribution >= 0.6 is 11.3 Å². The summed E-state index contributed by atoms with van der Waals surface area (Å²) < 4.78 is 11.4. The van der Waals surface area contributed by atoms with Crippen LogP contribution in [0.5, 0.6) is 11.5 Å². The molecule has 6 heteroatoms. The lowest BCUT2D eigenvalue weighted by Gasteiger charge is -2.21. The van der Waals surface area contributed by atoms with Crippen LogP contribution in [0.3, 0.4) is 0 Å². The molecule has 0 aliphatic carbocycles. The summed E-state index contributed by atoms with van der Waals surface area (Å²) in [6.45, 7) is 5.22. The SMILES string of the molecule is COc1ccc(CNCc2ccc(C)s2)cc1OC[C@H](O)CN(C)Cc1ccccc1. The molecule has 0 bridgehead atoms. The fourth-order valence-corrected chi connectivity index (χ4v) is 4.27. The second-order valence-electron chi connectivity index (χ2n) is 7.75. The van der Waals surface area contributed by atoms with Crippen molar-refractivity contribution in [3.05, 3.63) is 81.5 Å². The molecule has 1 aromatic heterocycles. The highest BCUT2D eigenvalue weighted by Crippen LogP contribution is 2.28. The number of ether oxygens (including phenoxy) is 2. The van der Waals surface area contributed by atoms with Crippen molar-refractivity contribution in [3.63, 3.8) is 0 Å². The normalized spacial score (nSPS) is 12.2. The molecule has 0 amide bonds. The average molecular weight is 441 g/mol. The molecule has 0 saturated heterocycles. The molecule has 0 fully saturated rings. The molecular weight excluding hydrogens is 408 g/mol. The first-order valence-corrected chi connectivity index (χ1v) is 11.3. The molecular formula is C25H32N2O3S. The van der Waals surface area contributed by atoms with Crippen LogP contribution in [0, 0.1) is 6.92 Å². The lowest BCUT2D eigenvalue weighted by molar-refractivity contribution is 0.0732. The Morgan fingerprint density at radius 2 is 1.81 bits per heavy atom. The number of aryl methyl sites for hydroxylation is 1. The Hall–Kier alpha value is -2.38. The minimum atomic E-state index is -0.595. The number of rotatable bonds is 12. The van der Waals surface area contributed by atoms with Crippen LogP contribution in [0.1, 0.15) is 20.9 Å². The smallest absolute Gasteiger partial charge is 0.161 e. The van der Waals surface area contributed by atoms with Gasteiger partial charge in [0.25, 0.3) is 0 Å². The van der Waals surface area contributed by atoms with Crippen molar-refractivity contribution in [2.75, 3.05) is 27.3 Å². The predicted molar refractivity (Wildman–Crippen MR) is 127 cm³/mol. The van der Waals surface area contributed by atoms with Gasteiger partial charge in [-0.05, 0) is 49.4 Å². The molecule has 0 aliphatic rings. The van der Waals surface area contributed by atoms with E-state index in [4.69, 9.17) is 9.47 Å². The Morgan fingerprint density at radius 1 is 1.00 bits per heavy atom. The van der Waals surface area contributed by atoms with Gasteiger partial charge in [0.05, 0.1) is 7.11 Å². The third kappa shape index (κ3) is 7.67. The summed E-state index contributed by atoms with van der Waals surface area (Å²) in [5.74, 6) is 1.32. The molecule has 1 heterocycles. The van der Waals surface area contributed by atoms with Gasteiger partial charge in [-0.3, -0.25) is 4.90 Å². The molecule has 0 saturated carbocycles. The zero-order valence-corrected chi connectivity index (χ0v) is 19.3. The largest absolute Gasteiger partial charge is 0.493 e. The van der Waals surface area contributed by atoms with Gasteiger partial charge >= 0.3 is 0 Å². The van der Waals surface area contributed by atoms with Gasteiger partial charge in [0, 0.05) is 35.9 Å². The third-order valence-electron chi connectivity index (χ3n) is 4.90. The van der Waals surface area contributed by atoms with Crippen molar-refractivity contribution in [1.82, 2.24) is 10.2 Å². The van der Waals surface area contributed by atoms with Gasteiger partial charge in [0.2, 0.25) is 0 Å². The lowest BCUT2D eigenvalue weighted by Crippen LogP contribution is -2.32.